The van der Waals surface area contributed by atoms with Crippen molar-refractivity contribution in [2.45, 2.75) is 35.9 Å². The molecule has 4 rings (SSSR count). The molecule has 0 unspecified atom stereocenters. The van der Waals surface area contributed by atoms with E-state index in [4.69, 9.17) is 0 Å². The van der Waals surface area contributed by atoms with Crippen LogP contribution in [0.5, 0.6) is 0 Å². The van der Waals surface area contributed by atoms with E-state index in [0.717, 1.165) is 25.7 Å². The molecule has 1 aliphatic heterocycles. The number of nitrogens with one attached hydrogen (secondary N) is 2. The van der Waals surface area contributed by atoms with Gasteiger partial charge in [-0.1, -0.05) is 31.0 Å². The van der Waals surface area contributed by atoms with Crippen LogP contribution in [0.1, 0.15) is 36.0 Å². The largest absolute Gasteiger partial charge is 0.349 e. The maximum absolute atomic E-state index is 12.7. The van der Waals surface area contributed by atoms with Gasteiger partial charge in [0.25, 0.3) is 15.9 Å². The third-order valence-corrected chi connectivity index (χ3v) is 9.20. The normalized spacial score (nSPS) is 18.5. The molecule has 2 heterocycles. The first kappa shape index (κ1) is 22.9. The molecule has 1 saturated heterocycles. The minimum Gasteiger partial charge on any atom is -0.349 e. The van der Waals surface area contributed by atoms with Crippen LogP contribution >= 0.6 is 11.3 Å². The lowest BCUT2D eigenvalue weighted by atomic mass is 10.1. The van der Waals surface area contributed by atoms with Crippen molar-refractivity contribution in [3.05, 3.63) is 47.3 Å². The summed E-state index contributed by atoms with van der Waals surface area (Å²) in [5, 5.41) is 7.66. The van der Waals surface area contributed by atoms with Crippen LogP contribution in [0.4, 0.5) is 5.69 Å². The highest BCUT2D eigenvalue weighted by molar-refractivity contribution is 7.91. The molecule has 1 saturated carbocycles. The van der Waals surface area contributed by atoms with Crippen LogP contribution in [0.2, 0.25) is 0 Å². The number of piperazine rings is 1. The Morgan fingerprint density at radius 2 is 1.72 bits per heavy atom. The Morgan fingerprint density at radius 3 is 2.41 bits per heavy atom. The van der Waals surface area contributed by atoms with Gasteiger partial charge in [0.1, 0.15) is 4.21 Å². The number of nitrogens with zero attached hydrogens (tertiary/aromatic N) is 2. The zero-order valence-electron chi connectivity index (χ0n) is 17.8. The number of hydrogen-bond donors (Lipinski definition) is 2. The molecule has 0 bridgehead atoms. The van der Waals surface area contributed by atoms with Gasteiger partial charge in [-0.3, -0.25) is 14.5 Å². The van der Waals surface area contributed by atoms with Crippen LogP contribution in [0.3, 0.4) is 0 Å². The first-order valence-corrected chi connectivity index (χ1v) is 13.2. The Bertz CT molecular complexity index is 1040. The fraction of sp³-hybridized carbons (Fsp3) is 0.455. The lowest BCUT2D eigenvalue weighted by Crippen LogP contribution is -2.50. The van der Waals surface area contributed by atoms with Crippen molar-refractivity contribution in [1.29, 1.82) is 0 Å². The zero-order chi connectivity index (χ0) is 22.6. The molecule has 2 N–H and O–H groups in total. The smallest absolute Gasteiger partial charge is 0.253 e. The van der Waals surface area contributed by atoms with E-state index in [1.165, 1.54) is 15.6 Å². The molecule has 10 heteroatoms. The van der Waals surface area contributed by atoms with Crippen LogP contribution in [0.25, 0.3) is 0 Å². The predicted octanol–water partition coefficient (Wildman–Crippen LogP) is 2.37. The monoisotopic (exact) mass is 476 g/mol. The summed E-state index contributed by atoms with van der Waals surface area (Å²) in [4.78, 5) is 27.3. The molecular formula is C22H28N4O4S2. The summed E-state index contributed by atoms with van der Waals surface area (Å²) in [6, 6.07) is 10.6. The summed E-state index contributed by atoms with van der Waals surface area (Å²) in [5.74, 6) is -0.388. The van der Waals surface area contributed by atoms with Gasteiger partial charge in [0.15, 0.2) is 0 Å². The SMILES string of the molecule is O=C(CN1CCN(S(=O)(=O)c2cccs2)CC1)Nc1ccccc1C(=O)NC1CCCC1. The minimum absolute atomic E-state index is 0.144. The number of rotatable bonds is 7. The van der Waals surface area contributed by atoms with Crippen molar-refractivity contribution in [2.75, 3.05) is 38.0 Å². The summed E-state index contributed by atoms with van der Waals surface area (Å²) >= 11 is 1.21. The van der Waals surface area contributed by atoms with Gasteiger partial charge in [0, 0.05) is 32.2 Å². The Morgan fingerprint density at radius 1 is 1.00 bits per heavy atom. The molecule has 2 aromatic rings. The minimum atomic E-state index is -3.46. The topological polar surface area (TPSA) is 98.8 Å². The number of para-hydroxylation sites is 1. The van der Waals surface area contributed by atoms with Gasteiger partial charge in [0.2, 0.25) is 5.91 Å². The van der Waals surface area contributed by atoms with Gasteiger partial charge in [-0.2, -0.15) is 4.31 Å². The maximum Gasteiger partial charge on any atom is 0.253 e. The van der Waals surface area contributed by atoms with Crippen LogP contribution in [0, 0.1) is 0 Å². The highest BCUT2D eigenvalue weighted by atomic mass is 32.2. The lowest BCUT2D eigenvalue weighted by molar-refractivity contribution is -0.117. The average molecular weight is 477 g/mol. The molecule has 32 heavy (non-hydrogen) atoms. The second-order valence-electron chi connectivity index (χ2n) is 8.16. The highest BCUT2D eigenvalue weighted by Gasteiger charge is 2.30. The van der Waals surface area contributed by atoms with Gasteiger partial charge >= 0.3 is 0 Å². The fourth-order valence-electron chi connectivity index (χ4n) is 4.18. The molecule has 2 fully saturated rings. The zero-order valence-corrected chi connectivity index (χ0v) is 19.5. The van der Waals surface area contributed by atoms with Crippen LogP contribution in [-0.2, 0) is 14.8 Å². The van der Waals surface area contributed by atoms with Gasteiger partial charge in [-0.05, 0) is 36.4 Å². The van der Waals surface area contributed by atoms with E-state index >= 15 is 0 Å². The number of amides is 2. The van der Waals surface area contributed by atoms with E-state index in [-0.39, 0.29) is 24.4 Å². The summed E-state index contributed by atoms with van der Waals surface area (Å²) in [7, 11) is -3.46. The summed E-state index contributed by atoms with van der Waals surface area (Å²) < 4.78 is 27.1. The van der Waals surface area contributed by atoms with Crippen molar-refractivity contribution in [1.82, 2.24) is 14.5 Å². The predicted molar refractivity (Wildman–Crippen MR) is 124 cm³/mol. The molecule has 8 nitrogen and oxygen atoms in total. The molecule has 0 spiro atoms. The third kappa shape index (κ3) is 5.37. The van der Waals surface area contributed by atoms with Crippen molar-refractivity contribution in [2.24, 2.45) is 0 Å². The average Bonchev–Trinajstić information content (AvgIpc) is 3.49. The second kappa shape index (κ2) is 10.1. The number of carbonyl (C=O) groups is 2. The van der Waals surface area contributed by atoms with Crippen LogP contribution in [-0.4, -0.2) is 68.2 Å². The van der Waals surface area contributed by atoms with Crippen molar-refractivity contribution >= 4 is 38.9 Å². The van der Waals surface area contributed by atoms with E-state index in [2.05, 4.69) is 10.6 Å². The number of carbonyl (C=O) groups excluding carboxylic acids is 2. The summed E-state index contributed by atoms with van der Waals surface area (Å²) in [6.07, 6.45) is 4.25. The Balaban J connectivity index is 1.31. The molecular weight excluding hydrogens is 448 g/mol. The summed E-state index contributed by atoms with van der Waals surface area (Å²) in [6.45, 7) is 1.77. The van der Waals surface area contributed by atoms with Gasteiger partial charge in [0.05, 0.1) is 17.8 Å². The molecule has 1 aliphatic carbocycles. The van der Waals surface area contributed by atoms with E-state index in [1.807, 2.05) is 4.90 Å². The van der Waals surface area contributed by atoms with E-state index in [0.29, 0.717) is 41.6 Å². The molecule has 1 aromatic heterocycles. The van der Waals surface area contributed by atoms with Crippen molar-refractivity contribution in [3.63, 3.8) is 0 Å². The first-order chi connectivity index (χ1) is 15.4. The summed E-state index contributed by atoms with van der Waals surface area (Å²) in [5.41, 5.74) is 0.950. The number of benzene rings is 1. The number of anilines is 1. The standard InChI is InChI=1S/C22H28N4O4S2/c27-20(16-25-11-13-26(14-12-25)32(29,30)21-10-5-15-31-21)24-19-9-4-3-8-18(19)22(28)23-17-6-1-2-7-17/h3-5,8-10,15,17H,1-2,6-7,11-14,16H2,(H,23,28)(H,24,27). The second-order valence-corrected chi connectivity index (χ2v) is 11.3. The molecule has 172 valence electrons. The Hall–Kier alpha value is -2.27. The number of hydrogen-bond acceptors (Lipinski definition) is 6. The quantitative estimate of drug-likeness (QED) is 0.639. The Labute approximate surface area is 192 Å². The third-order valence-electron chi connectivity index (χ3n) is 5.92. The van der Waals surface area contributed by atoms with Gasteiger partial charge in [-0.15, -0.1) is 11.3 Å². The van der Waals surface area contributed by atoms with Gasteiger partial charge in [-0.25, -0.2) is 8.42 Å². The van der Waals surface area contributed by atoms with Crippen molar-refractivity contribution in [3.8, 4) is 0 Å². The van der Waals surface area contributed by atoms with E-state index in [1.54, 1.807) is 41.8 Å². The Kier molecular flexibility index (Phi) is 7.24. The molecule has 2 amide bonds. The van der Waals surface area contributed by atoms with Gasteiger partial charge < -0.3 is 10.6 Å². The molecule has 1 aromatic carbocycles. The number of sulfonamides is 1. The van der Waals surface area contributed by atoms with Crippen LogP contribution in [0.15, 0.2) is 46.0 Å². The molecule has 0 radical (unpaired) electrons. The molecule has 0 atom stereocenters. The van der Waals surface area contributed by atoms with E-state index in [9.17, 15) is 18.0 Å². The van der Waals surface area contributed by atoms with E-state index < -0.39 is 10.0 Å². The maximum atomic E-state index is 12.7. The first-order valence-electron chi connectivity index (χ1n) is 10.9. The fourth-order valence-corrected chi connectivity index (χ4v) is 6.75. The highest BCUT2D eigenvalue weighted by Crippen LogP contribution is 2.23. The van der Waals surface area contributed by atoms with Crippen LogP contribution < -0.4 is 10.6 Å². The molecule has 2 aliphatic rings. The van der Waals surface area contributed by atoms with Crippen molar-refractivity contribution < 1.29 is 18.0 Å². The lowest BCUT2D eigenvalue weighted by Gasteiger charge is -2.33. The number of thiophene rings is 1.